The lowest BCUT2D eigenvalue weighted by molar-refractivity contribution is -0.141. The summed E-state index contributed by atoms with van der Waals surface area (Å²) in [7, 11) is 0. The van der Waals surface area contributed by atoms with Crippen LogP contribution in [0, 0.1) is 25.7 Å². The molecule has 4 N–H and O–H groups in total. The quantitative estimate of drug-likeness (QED) is 0.444. The van der Waals surface area contributed by atoms with Gasteiger partial charge < -0.3 is 20.8 Å². The van der Waals surface area contributed by atoms with Gasteiger partial charge in [0, 0.05) is 11.1 Å². The van der Waals surface area contributed by atoms with E-state index in [1.807, 2.05) is 0 Å². The van der Waals surface area contributed by atoms with E-state index in [4.69, 9.17) is 0 Å². The SMILES string of the molecule is Cc1cccc(C(=O)N[C@H](C(=O)O)C(C)C)c1-c1c(C)cccc1C(=O)N[C@H](C(=O)O)C(C)C. The minimum Gasteiger partial charge on any atom is -0.480 e. The van der Waals surface area contributed by atoms with Crippen LogP contribution in [0.15, 0.2) is 36.4 Å². The van der Waals surface area contributed by atoms with Crippen molar-refractivity contribution in [2.75, 3.05) is 0 Å². The Balaban J connectivity index is 2.63. The Morgan fingerprint density at radius 1 is 0.647 bits per heavy atom. The van der Waals surface area contributed by atoms with Crippen molar-refractivity contribution in [1.29, 1.82) is 0 Å². The molecule has 0 bridgehead atoms. The molecule has 0 unspecified atom stereocenters. The van der Waals surface area contributed by atoms with Gasteiger partial charge in [-0.1, -0.05) is 52.0 Å². The summed E-state index contributed by atoms with van der Waals surface area (Å²) in [5.74, 6) is -4.08. The molecule has 0 heterocycles. The van der Waals surface area contributed by atoms with Gasteiger partial charge in [-0.3, -0.25) is 9.59 Å². The van der Waals surface area contributed by atoms with Crippen molar-refractivity contribution in [3.05, 3.63) is 58.7 Å². The topological polar surface area (TPSA) is 133 Å². The number of aliphatic carboxylic acids is 2. The Kier molecular flexibility index (Phi) is 8.57. The Hall–Kier alpha value is -3.68. The third-order valence-electron chi connectivity index (χ3n) is 5.72. The van der Waals surface area contributed by atoms with Crippen molar-refractivity contribution < 1.29 is 29.4 Å². The van der Waals surface area contributed by atoms with E-state index in [-0.39, 0.29) is 23.0 Å². The molecule has 2 atom stereocenters. The molecule has 0 aliphatic carbocycles. The third-order valence-corrected chi connectivity index (χ3v) is 5.72. The first-order valence-corrected chi connectivity index (χ1v) is 11.1. The van der Waals surface area contributed by atoms with E-state index < -0.39 is 35.8 Å². The van der Waals surface area contributed by atoms with Gasteiger partial charge in [0.1, 0.15) is 12.1 Å². The van der Waals surface area contributed by atoms with Crippen molar-refractivity contribution in [2.24, 2.45) is 11.8 Å². The number of hydrogen-bond donors (Lipinski definition) is 4. The van der Waals surface area contributed by atoms with Crippen LogP contribution in [0.25, 0.3) is 11.1 Å². The van der Waals surface area contributed by atoms with E-state index in [1.54, 1.807) is 77.9 Å². The summed E-state index contributed by atoms with van der Waals surface area (Å²) in [5, 5.41) is 24.2. The molecule has 0 aromatic heterocycles. The van der Waals surface area contributed by atoms with Gasteiger partial charge in [0.05, 0.1) is 0 Å². The largest absolute Gasteiger partial charge is 0.480 e. The van der Waals surface area contributed by atoms with Crippen LogP contribution in [0.1, 0.15) is 59.5 Å². The zero-order valence-electron chi connectivity index (χ0n) is 20.3. The number of nitrogens with one attached hydrogen (secondary N) is 2. The molecule has 182 valence electrons. The number of aryl methyl sites for hydroxylation is 2. The molecule has 0 aliphatic rings. The van der Waals surface area contributed by atoms with Crippen LogP contribution in [-0.2, 0) is 9.59 Å². The molecule has 2 amide bonds. The van der Waals surface area contributed by atoms with Crippen LogP contribution in [0.3, 0.4) is 0 Å². The lowest BCUT2D eigenvalue weighted by Gasteiger charge is -2.22. The minimum atomic E-state index is -1.14. The molecular formula is C26H32N2O6. The zero-order chi connectivity index (χ0) is 25.7. The van der Waals surface area contributed by atoms with Gasteiger partial charge in [0.25, 0.3) is 11.8 Å². The van der Waals surface area contributed by atoms with Crippen LogP contribution < -0.4 is 10.6 Å². The van der Waals surface area contributed by atoms with Crippen molar-refractivity contribution >= 4 is 23.8 Å². The number of rotatable bonds is 9. The molecule has 2 aromatic rings. The van der Waals surface area contributed by atoms with Crippen LogP contribution in [0.2, 0.25) is 0 Å². The predicted molar refractivity (Wildman–Crippen MR) is 129 cm³/mol. The predicted octanol–water partition coefficient (Wildman–Crippen LogP) is 3.65. The first kappa shape index (κ1) is 26.6. The van der Waals surface area contributed by atoms with Crippen molar-refractivity contribution in [3.63, 3.8) is 0 Å². The normalized spacial score (nSPS) is 12.8. The molecule has 0 saturated carbocycles. The fraction of sp³-hybridized carbons (Fsp3) is 0.385. The van der Waals surface area contributed by atoms with Crippen molar-refractivity contribution in [2.45, 2.75) is 53.6 Å². The fourth-order valence-electron chi connectivity index (χ4n) is 3.84. The van der Waals surface area contributed by atoms with Crippen molar-refractivity contribution in [3.8, 4) is 11.1 Å². The minimum absolute atomic E-state index is 0.230. The summed E-state index contributed by atoms with van der Waals surface area (Å²) >= 11 is 0. The molecule has 8 nitrogen and oxygen atoms in total. The fourth-order valence-corrected chi connectivity index (χ4v) is 3.84. The van der Waals surface area contributed by atoms with Gasteiger partial charge in [-0.2, -0.15) is 0 Å². The summed E-state index contributed by atoms with van der Waals surface area (Å²) in [5.41, 5.74) is 2.88. The van der Waals surface area contributed by atoms with E-state index in [1.165, 1.54) is 0 Å². The van der Waals surface area contributed by atoms with Gasteiger partial charge in [0.2, 0.25) is 0 Å². The van der Waals surface area contributed by atoms with Gasteiger partial charge in [0.15, 0.2) is 0 Å². The first-order valence-electron chi connectivity index (χ1n) is 11.1. The average molecular weight is 469 g/mol. The average Bonchev–Trinajstić information content (AvgIpc) is 2.74. The molecule has 0 aliphatic heterocycles. The molecule has 0 saturated heterocycles. The molecule has 2 rings (SSSR count). The number of hydrogen-bond acceptors (Lipinski definition) is 4. The lowest BCUT2D eigenvalue weighted by Crippen LogP contribution is -2.45. The summed E-state index contributed by atoms with van der Waals surface area (Å²) < 4.78 is 0. The molecule has 0 radical (unpaired) electrons. The number of benzene rings is 2. The van der Waals surface area contributed by atoms with Crippen LogP contribution >= 0.6 is 0 Å². The summed E-state index contributed by atoms with van der Waals surface area (Å²) in [6, 6.07) is 7.98. The highest BCUT2D eigenvalue weighted by Gasteiger charge is 2.29. The highest BCUT2D eigenvalue weighted by molar-refractivity contribution is 6.08. The standard InChI is InChI=1S/C26H32N2O6/c1-13(2)21(25(31)32)27-23(29)17-11-7-9-15(5)19(17)20-16(6)10-8-12-18(20)24(30)28-22(14(3)4)26(33)34/h7-14,21-22H,1-6H3,(H,27,29)(H,28,30)(H,31,32)(H,33,34)/t21-,22-/m0/s1. The second kappa shape index (κ2) is 11.0. The highest BCUT2D eigenvalue weighted by Crippen LogP contribution is 2.33. The summed E-state index contributed by atoms with van der Waals surface area (Å²) in [6.07, 6.45) is 0. The maximum absolute atomic E-state index is 13.2. The van der Waals surface area contributed by atoms with E-state index >= 15 is 0 Å². The highest BCUT2D eigenvalue weighted by atomic mass is 16.4. The van der Waals surface area contributed by atoms with Crippen LogP contribution in [0.5, 0.6) is 0 Å². The Morgan fingerprint density at radius 2 is 0.971 bits per heavy atom. The molecule has 0 spiro atoms. The Bertz CT molecular complexity index is 1020. The van der Waals surface area contributed by atoms with E-state index in [2.05, 4.69) is 10.6 Å². The van der Waals surface area contributed by atoms with Gasteiger partial charge in [-0.15, -0.1) is 0 Å². The zero-order valence-corrected chi connectivity index (χ0v) is 20.3. The molecule has 0 fully saturated rings. The van der Waals surface area contributed by atoms with Gasteiger partial charge in [-0.25, -0.2) is 9.59 Å². The lowest BCUT2D eigenvalue weighted by atomic mass is 9.87. The number of carboxylic acid groups (broad SMARTS) is 2. The van der Waals surface area contributed by atoms with Gasteiger partial charge in [-0.05, 0) is 60.1 Å². The number of amides is 2. The summed E-state index contributed by atoms with van der Waals surface area (Å²) in [4.78, 5) is 49.7. The Labute approximate surface area is 199 Å². The first-order chi connectivity index (χ1) is 15.9. The molecule has 2 aromatic carbocycles. The van der Waals surface area contributed by atoms with E-state index in [9.17, 15) is 29.4 Å². The number of carboxylic acids is 2. The molecule has 34 heavy (non-hydrogen) atoms. The number of carbonyl (C=O) groups is 4. The maximum atomic E-state index is 13.2. The molecule has 8 heteroatoms. The maximum Gasteiger partial charge on any atom is 0.326 e. The molecular weight excluding hydrogens is 436 g/mol. The van der Waals surface area contributed by atoms with Crippen LogP contribution in [0.4, 0.5) is 0 Å². The van der Waals surface area contributed by atoms with Gasteiger partial charge >= 0.3 is 11.9 Å². The monoisotopic (exact) mass is 468 g/mol. The summed E-state index contributed by atoms with van der Waals surface area (Å²) in [6.45, 7) is 10.4. The second-order valence-electron chi connectivity index (χ2n) is 9.06. The van der Waals surface area contributed by atoms with E-state index in [0.717, 1.165) is 0 Å². The third kappa shape index (κ3) is 5.81. The van der Waals surface area contributed by atoms with E-state index in [0.29, 0.717) is 22.3 Å². The van der Waals surface area contributed by atoms with Crippen LogP contribution in [-0.4, -0.2) is 46.0 Å². The second-order valence-corrected chi connectivity index (χ2v) is 9.06. The smallest absolute Gasteiger partial charge is 0.326 e. The number of carbonyl (C=O) groups excluding carboxylic acids is 2. The van der Waals surface area contributed by atoms with Crippen molar-refractivity contribution in [1.82, 2.24) is 10.6 Å². The Morgan fingerprint density at radius 3 is 1.24 bits per heavy atom.